The maximum Gasteiger partial charge on any atom is 0.325 e. The molecule has 5 nitrogen and oxygen atoms in total. The van der Waals surface area contributed by atoms with Crippen LogP contribution in [0.3, 0.4) is 0 Å². The zero-order valence-electron chi connectivity index (χ0n) is 13.1. The van der Waals surface area contributed by atoms with E-state index in [1.807, 2.05) is 26.0 Å². The number of thiocarbonyl (C=S) groups is 1. The lowest BCUT2D eigenvalue weighted by atomic mass is 10.3. The average molecular weight is 418 g/mol. The molecule has 0 aliphatic carbocycles. The van der Waals surface area contributed by atoms with Crippen LogP contribution in [-0.4, -0.2) is 40.0 Å². The van der Waals surface area contributed by atoms with Gasteiger partial charge in [-0.05, 0) is 38.1 Å². The highest BCUT2D eigenvalue weighted by atomic mass is 79.9. The molecule has 0 aliphatic heterocycles. The lowest BCUT2D eigenvalue weighted by molar-refractivity contribution is -0.119. The quantitative estimate of drug-likeness (QED) is 0.688. The molecule has 126 valence electrons. The van der Waals surface area contributed by atoms with Crippen LogP contribution in [0, 0.1) is 0 Å². The van der Waals surface area contributed by atoms with Crippen LogP contribution in [-0.2, 0) is 4.79 Å². The van der Waals surface area contributed by atoms with E-state index in [1.165, 1.54) is 11.8 Å². The number of imide groups is 1. The molecular weight excluding hydrogens is 398 g/mol. The van der Waals surface area contributed by atoms with Gasteiger partial charge in [0.25, 0.3) is 0 Å². The van der Waals surface area contributed by atoms with E-state index in [0.717, 1.165) is 21.9 Å². The fourth-order valence-corrected chi connectivity index (χ4v) is 3.36. The fourth-order valence-electron chi connectivity index (χ4n) is 1.69. The zero-order valence-corrected chi connectivity index (χ0v) is 16.3. The molecule has 0 saturated carbocycles. The van der Waals surface area contributed by atoms with Crippen LogP contribution in [0.2, 0.25) is 0 Å². The van der Waals surface area contributed by atoms with Gasteiger partial charge in [0, 0.05) is 35.4 Å². The molecule has 0 atom stereocenters. The third kappa shape index (κ3) is 7.81. The Labute approximate surface area is 154 Å². The van der Waals surface area contributed by atoms with E-state index >= 15 is 0 Å². The summed E-state index contributed by atoms with van der Waals surface area (Å²) in [4.78, 5) is 25.5. The van der Waals surface area contributed by atoms with Crippen molar-refractivity contribution in [3.63, 3.8) is 0 Å². The summed E-state index contributed by atoms with van der Waals surface area (Å²) in [6.45, 7) is 5.78. The lowest BCUT2D eigenvalue weighted by Gasteiger charge is -2.20. The van der Waals surface area contributed by atoms with Crippen LogP contribution in [0.25, 0.3) is 0 Å². The van der Waals surface area contributed by atoms with Crippen LogP contribution in [0.1, 0.15) is 20.3 Å². The number of hydrogen-bond donors (Lipinski definition) is 2. The minimum Gasteiger partial charge on any atom is -0.358 e. The second kappa shape index (κ2) is 10.6. The molecule has 0 spiro atoms. The van der Waals surface area contributed by atoms with Crippen LogP contribution in [0.5, 0.6) is 0 Å². The Morgan fingerprint density at radius 2 is 1.83 bits per heavy atom. The number of benzene rings is 1. The van der Waals surface area contributed by atoms with Gasteiger partial charge in [0.15, 0.2) is 0 Å². The maximum absolute atomic E-state index is 11.7. The van der Waals surface area contributed by atoms with Crippen molar-refractivity contribution in [2.24, 2.45) is 0 Å². The highest BCUT2D eigenvalue weighted by Crippen LogP contribution is 2.14. The molecule has 8 heteroatoms. The molecule has 0 bridgehead atoms. The van der Waals surface area contributed by atoms with Gasteiger partial charge >= 0.3 is 6.03 Å². The molecule has 1 aromatic rings. The number of anilines is 1. The minimum absolute atomic E-state index is 0.236. The van der Waals surface area contributed by atoms with Crippen molar-refractivity contribution >= 4 is 61.9 Å². The second-order valence-corrected chi connectivity index (χ2v) is 7.19. The van der Waals surface area contributed by atoms with Gasteiger partial charge in [0.1, 0.15) is 4.32 Å². The van der Waals surface area contributed by atoms with E-state index in [0.29, 0.717) is 11.4 Å². The van der Waals surface area contributed by atoms with Crippen molar-refractivity contribution in [1.29, 1.82) is 0 Å². The van der Waals surface area contributed by atoms with Gasteiger partial charge in [0.2, 0.25) is 5.91 Å². The first-order chi connectivity index (χ1) is 11.0. The van der Waals surface area contributed by atoms with E-state index in [9.17, 15) is 9.59 Å². The van der Waals surface area contributed by atoms with E-state index < -0.39 is 6.03 Å². The number of nitrogens with zero attached hydrogens (tertiary/aromatic N) is 1. The Kier molecular flexibility index (Phi) is 9.20. The minimum atomic E-state index is -0.534. The van der Waals surface area contributed by atoms with Crippen LogP contribution in [0.4, 0.5) is 10.5 Å². The van der Waals surface area contributed by atoms with Crippen molar-refractivity contribution in [3.05, 3.63) is 28.7 Å². The molecule has 0 aromatic heterocycles. The largest absolute Gasteiger partial charge is 0.358 e. The number of rotatable bonds is 6. The molecular formula is C15H20BrN3O2S2. The van der Waals surface area contributed by atoms with E-state index in [-0.39, 0.29) is 12.3 Å². The fraction of sp³-hybridized carbons (Fsp3) is 0.400. The molecule has 3 amide bonds. The van der Waals surface area contributed by atoms with Gasteiger partial charge in [-0.15, -0.1) is 0 Å². The lowest BCUT2D eigenvalue weighted by Crippen LogP contribution is -2.34. The molecule has 23 heavy (non-hydrogen) atoms. The first-order valence-electron chi connectivity index (χ1n) is 7.24. The summed E-state index contributed by atoms with van der Waals surface area (Å²) in [6.07, 6.45) is 0.236. The van der Waals surface area contributed by atoms with Crippen molar-refractivity contribution in [2.45, 2.75) is 20.3 Å². The van der Waals surface area contributed by atoms with Crippen LogP contribution < -0.4 is 10.6 Å². The summed E-state index contributed by atoms with van der Waals surface area (Å²) in [5.74, 6) is 0.224. The normalized spacial score (nSPS) is 10.0. The SMILES string of the molecule is CCN(CC)C(=S)SCCC(=O)NC(=O)Nc1ccc(Br)cc1. The number of thioether (sulfide) groups is 1. The Hall–Kier alpha value is -1.12. The van der Waals surface area contributed by atoms with Gasteiger partial charge in [-0.2, -0.15) is 0 Å². The first kappa shape index (κ1) is 19.9. The summed E-state index contributed by atoms with van der Waals surface area (Å²) in [5, 5.41) is 4.91. The number of carbonyl (C=O) groups excluding carboxylic acids is 2. The smallest absolute Gasteiger partial charge is 0.325 e. The van der Waals surface area contributed by atoms with Crippen molar-refractivity contribution < 1.29 is 9.59 Å². The Balaban J connectivity index is 2.29. The molecule has 1 rings (SSSR count). The third-order valence-corrected chi connectivity index (χ3v) is 4.99. The van der Waals surface area contributed by atoms with Gasteiger partial charge < -0.3 is 10.2 Å². The van der Waals surface area contributed by atoms with Gasteiger partial charge in [0.05, 0.1) is 0 Å². The second-order valence-electron chi connectivity index (χ2n) is 4.55. The standard InChI is InChI=1S/C15H20BrN3O2S2/c1-3-19(4-2)15(22)23-10-9-13(20)18-14(21)17-12-7-5-11(16)6-8-12/h5-8H,3-4,9-10H2,1-2H3,(H2,17,18,20,21). The van der Waals surface area contributed by atoms with Crippen molar-refractivity contribution in [3.8, 4) is 0 Å². The Morgan fingerprint density at radius 3 is 2.39 bits per heavy atom. The highest BCUT2D eigenvalue weighted by molar-refractivity contribution is 9.10. The predicted molar refractivity (Wildman–Crippen MR) is 104 cm³/mol. The monoisotopic (exact) mass is 417 g/mol. The van der Waals surface area contributed by atoms with Crippen LogP contribution in [0.15, 0.2) is 28.7 Å². The first-order valence-corrected chi connectivity index (χ1v) is 9.43. The summed E-state index contributed by atoms with van der Waals surface area (Å²) in [5.41, 5.74) is 0.621. The van der Waals surface area contributed by atoms with E-state index in [2.05, 4.69) is 31.5 Å². The van der Waals surface area contributed by atoms with Crippen molar-refractivity contribution in [1.82, 2.24) is 10.2 Å². The number of carbonyl (C=O) groups is 2. The van der Waals surface area contributed by atoms with Gasteiger partial charge in [-0.3, -0.25) is 10.1 Å². The number of halogens is 1. The highest BCUT2D eigenvalue weighted by Gasteiger charge is 2.10. The zero-order chi connectivity index (χ0) is 17.2. The van der Waals surface area contributed by atoms with Crippen molar-refractivity contribution in [2.75, 3.05) is 24.2 Å². The Bertz CT molecular complexity index is 548. The molecule has 0 unspecified atom stereocenters. The third-order valence-electron chi connectivity index (χ3n) is 2.93. The number of urea groups is 1. The summed E-state index contributed by atoms with van der Waals surface area (Å²) in [6, 6.07) is 6.57. The number of nitrogens with one attached hydrogen (secondary N) is 2. The summed E-state index contributed by atoms with van der Waals surface area (Å²) < 4.78 is 1.70. The molecule has 0 aliphatic rings. The molecule has 0 fully saturated rings. The molecule has 0 saturated heterocycles. The average Bonchev–Trinajstić information content (AvgIpc) is 2.50. The molecule has 1 aromatic carbocycles. The summed E-state index contributed by atoms with van der Waals surface area (Å²) >= 11 is 10.1. The van der Waals surface area contributed by atoms with Gasteiger partial charge in [-0.1, -0.05) is 39.9 Å². The molecule has 0 radical (unpaired) electrons. The van der Waals surface area contributed by atoms with Crippen LogP contribution >= 0.6 is 39.9 Å². The van der Waals surface area contributed by atoms with E-state index in [1.54, 1.807) is 12.1 Å². The summed E-state index contributed by atoms with van der Waals surface area (Å²) in [7, 11) is 0. The Morgan fingerprint density at radius 1 is 1.22 bits per heavy atom. The predicted octanol–water partition coefficient (Wildman–Crippen LogP) is 3.85. The maximum atomic E-state index is 11.7. The molecule has 0 heterocycles. The van der Waals surface area contributed by atoms with E-state index in [4.69, 9.17) is 12.2 Å². The van der Waals surface area contributed by atoms with Gasteiger partial charge in [-0.25, -0.2) is 4.79 Å². The topological polar surface area (TPSA) is 61.4 Å². The number of hydrogen-bond acceptors (Lipinski definition) is 4. The molecule has 2 N–H and O–H groups in total. The number of amides is 3.